The molecule has 1 rings (SSSR count). The number of hydrogen-bond donors (Lipinski definition) is 1. The Morgan fingerprint density at radius 1 is 1.06 bits per heavy atom. The van der Waals surface area contributed by atoms with Gasteiger partial charge in [0.15, 0.2) is 0 Å². The number of rotatable bonds is 8. The van der Waals surface area contributed by atoms with Gasteiger partial charge in [-0.1, -0.05) is 24.4 Å². The van der Waals surface area contributed by atoms with Gasteiger partial charge in [0.1, 0.15) is 5.75 Å². The highest BCUT2D eigenvalue weighted by Crippen LogP contribution is 2.27. The van der Waals surface area contributed by atoms with Gasteiger partial charge in [-0.15, -0.1) is 0 Å². The Kier molecular flexibility index (Phi) is 7.14. The van der Waals surface area contributed by atoms with Crippen molar-refractivity contribution in [3.63, 3.8) is 0 Å². The molecule has 0 heterocycles. The fourth-order valence-corrected chi connectivity index (χ4v) is 2.38. The zero-order chi connectivity index (χ0) is 13.4. The van der Waals surface area contributed by atoms with Crippen molar-refractivity contribution < 1.29 is 4.74 Å². The third-order valence-corrected chi connectivity index (χ3v) is 3.21. The lowest BCUT2D eigenvalue weighted by molar-refractivity contribution is 0.301. The predicted molar refractivity (Wildman–Crippen MR) is 78.8 cm³/mol. The SMILES string of the molecule is CNCCCCCCOc1c(C)cc(Cl)cc1C. The van der Waals surface area contributed by atoms with E-state index in [0.29, 0.717) is 0 Å². The number of benzene rings is 1. The fourth-order valence-electron chi connectivity index (χ4n) is 2.06. The van der Waals surface area contributed by atoms with Crippen LogP contribution in [0.3, 0.4) is 0 Å². The topological polar surface area (TPSA) is 21.3 Å². The van der Waals surface area contributed by atoms with Crippen LogP contribution in [0.2, 0.25) is 5.02 Å². The van der Waals surface area contributed by atoms with Crippen molar-refractivity contribution in [2.45, 2.75) is 39.5 Å². The molecule has 102 valence electrons. The van der Waals surface area contributed by atoms with Gasteiger partial charge in [0, 0.05) is 5.02 Å². The zero-order valence-corrected chi connectivity index (χ0v) is 12.4. The van der Waals surface area contributed by atoms with Crippen LogP contribution in [0.1, 0.15) is 36.8 Å². The van der Waals surface area contributed by atoms with E-state index < -0.39 is 0 Å². The molecule has 0 amide bonds. The van der Waals surface area contributed by atoms with Crippen LogP contribution in [-0.4, -0.2) is 20.2 Å². The largest absolute Gasteiger partial charge is 0.493 e. The molecule has 0 unspecified atom stereocenters. The molecule has 0 atom stereocenters. The lowest BCUT2D eigenvalue weighted by Gasteiger charge is -2.12. The Hall–Kier alpha value is -0.730. The third-order valence-electron chi connectivity index (χ3n) is 2.99. The van der Waals surface area contributed by atoms with E-state index in [1.807, 2.05) is 33.0 Å². The minimum Gasteiger partial charge on any atom is -0.493 e. The highest BCUT2D eigenvalue weighted by molar-refractivity contribution is 6.30. The molecular weight excluding hydrogens is 246 g/mol. The number of aryl methyl sites for hydroxylation is 2. The molecule has 1 N–H and O–H groups in total. The van der Waals surface area contributed by atoms with Crippen molar-refractivity contribution in [1.29, 1.82) is 0 Å². The monoisotopic (exact) mass is 269 g/mol. The second-order valence-electron chi connectivity index (χ2n) is 4.73. The van der Waals surface area contributed by atoms with Gasteiger partial charge in [-0.2, -0.15) is 0 Å². The Bertz CT molecular complexity index is 343. The summed E-state index contributed by atoms with van der Waals surface area (Å²) >= 11 is 5.99. The van der Waals surface area contributed by atoms with Gasteiger partial charge in [0.2, 0.25) is 0 Å². The number of unbranched alkanes of at least 4 members (excludes halogenated alkanes) is 3. The molecule has 0 bridgehead atoms. The van der Waals surface area contributed by atoms with Gasteiger partial charge in [-0.05, 0) is 63.5 Å². The molecule has 0 saturated heterocycles. The second-order valence-corrected chi connectivity index (χ2v) is 5.17. The normalized spacial score (nSPS) is 10.7. The van der Waals surface area contributed by atoms with Crippen LogP contribution < -0.4 is 10.1 Å². The smallest absolute Gasteiger partial charge is 0.125 e. The molecule has 0 aliphatic rings. The summed E-state index contributed by atoms with van der Waals surface area (Å²) in [5, 5.41) is 3.94. The number of nitrogens with one attached hydrogen (secondary N) is 1. The van der Waals surface area contributed by atoms with Gasteiger partial charge in [0.25, 0.3) is 0 Å². The maximum Gasteiger partial charge on any atom is 0.125 e. The average Bonchev–Trinajstić information content (AvgIpc) is 2.30. The van der Waals surface area contributed by atoms with E-state index in [9.17, 15) is 0 Å². The molecule has 0 aromatic heterocycles. The average molecular weight is 270 g/mol. The standard InChI is InChI=1S/C15H24ClNO/c1-12-10-14(16)11-13(2)15(12)18-9-7-5-4-6-8-17-3/h10-11,17H,4-9H2,1-3H3. The highest BCUT2D eigenvalue weighted by Gasteiger charge is 2.05. The number of hydrogen-bond acceptors (Lipinski definition) is 2. The number of halogens is 1. The Balaban J connectivity index is 2.27. The quantitative estimate of drug-likeness (QED) is 0.717. The first kappa shape index (κ1) is 15.3. The summed E-state index contributed by atoms with van der Waals surface area (Å²) in [7, 11) is 2.00. The number of ether oxygens (including phenoxy) is 1. The fraction of sp³-hybridized carbons (Fsp3) is 0.600. The van der Waals surface area contributed by atoms with E-state index >= 15 is 0 Å². The van der Waals surface area contributed by atoms with E-state index in [1.165, 1.54) is 19.3 Å². The molecule has 2 nitrogen and oxygen atoms in total. The lowest BCUT2D eigenvalue weighted by Crippen LogP contribution is -2.07. The molecular formula is C15H24ClNO. The van der Waals surface area contributed by atoms with E-state index in [2.05, 4.69) is 5.32 Å². The van der Waals surface area contributed by atoms with E-state index in [-0.39, 0.29) is 0 Å². The van der Waals surface area contributed by atoms with Crippen LogP contribution in [0.5, 0.6) is 5.75 Å². The maximum absolute atomic E-state index is 5.99. The zero-order valence-electron chi connectivity index (χ0n) is 11.7. The molecule has 1 aromatic carbocycles. The van der Waals surface area contributed by atoms with E-state index in [0.717, 1.165) is 41.5 Å². The van der Waals surface area contributed by atoms with Crippen LogP contribution in [0.4, 0.5) is 0 Å². The van der Waals surface area contributed by atoms with E-state index in [1.54, 1.807) is 0 Å². The summed E-state index contributed by atoms with van der Waals surface area (Å²) in [6, 6.07) is 3.91. The van der Waals surface area contributed by atoms with Crippen LogP contribution in [0.25, 0.3) is 0 Å². The summed E-state index contributed by atoms with van der Waals surface area (Å²) in [6.45, 7) is 5.99. The molecule has 0 spiro atoms. The first-order valence-electron chi connectivity index (χ1n) is 6.69. The van der Waals surface area contributed by atoms with Gasteiger partial charge < -0.3 is 10.1 Å². The Labute approximate surface area is 116 Å². The third kappa shape index (κ3) is 5.28. The highest BCUT2D eigenvalue weighted by atomic mass is 35.5. The van der Waals surface area contributed by atoms with Crippen LogP contribution in [0.15, 0.2) is 12.1 Å². The molecule has 0 fully saturated rings. The minimum absolute atomic E-state index is 0.782. The van der Waals surface area contributed by atoms with Crippen molar-refractivity contribution in [3.8, 4) is 5.75 Å². The summed E-state index contributed by atoms with van der Waals surface area (Å²) in [4.78, 5) is 0. The minimum atomic E-state index is 0.782. The van der Waals surface area contributed by atoms with Crippen molar-refractivity contribution in [2.75, 3.05) is 20.2 Å². The van der Waals surface area contributed by atoms with Crippen molar-refractivity contribution in [2.24, 2.45) is 0 Å². The molecule has 1 aromatic rings. The van der Waals surface area contributed by atoms with Crippen LogP contribution in [0, 0.1) is 13.8 Å². The predicted octanol–water partition coefficient (Wildman–Crippen LogP) is 4.12. The van der Waals surface area contributed by atoms with Crippen molar-refractivity contribution in [1.82, 2.24) is 5.32 Å². The van der Waals surface area contributed by atoms with Gasteiger partial charge in [-0.25, -0.2) is 0 Å². The summed E-state index contributed by atoms with van der Waals surface area (Å²) in [6.07, 6.45) is 4.86. The van der Waals surface area contributed by atoms with Crippen molar-refractivity contribution >= 4 is 11.6 Å². The second kappa shape index (κ2) is 8.39. The van der Waals surface area contributed by atoms with Gasteiger partial charge in [0.05, 0.1) is 6.61 Å². The van der Waals surface area contributed by atoms with Gasteiger partial charge >= 0.3 is 0 Å². The lowest BCUT2D eigenvalue weighted by atomic mass is 10.1. The van der Waals surface area contributed by atoms with E-state index in [4.69, 9.17) is 16.3 Å². The van der Waals surface area contributed by atoms with Gasteiger partial charge in [-0.3, -0.25) is 0 Å². The Morgan fingerprint density at radius 3 is 2.28 bits per heavy atom. The molecule has 0 saturated carbocycles. The summed E-state index contributed by atoms with van der Waals surface area (Å²) in [5.41, 5.74) is 2.24. The molecule has 0 aliphatic carbocycles. The first-order chi connectivity index (χ1) is 8.65. The van der Waals surface area contributed by atoms with Crippen LogP contribution >= 0.6 is 11.6 Å². The molecule has 18 heavy (non-hydrogen) atoms. The molecule has 3 heteroatoms. The summed E-state index contributed by atoms with van der Waals surface area (Å²) in [5.74, 6) is 0.995. The van der Waals surface area contributed by atoms with Crippen LogP contribution in [-0.2, 0) is 0 Å². The Morgan fingerprint density at radius 2 is 1.67 bits per heavy atom. The first-order valence-corrected chi connectivity index (χ1v) is 7.07. The maximum atomic E-state index is 5.99. The molecule has 0 aliphatic heterocycles. The molecule has 0 radical (unpaired) electrons. The van der Waals surface area contributed by atoms with Crippen molar-refractivity contribution in [3.05, 3.63) is 28.3 Å². The summed E-state index contributed by atoms with van der Waals surface area (Å²) < 4.78 is 5.85.